The third-order valence-corrected chi connectivity index (χ3v) is 8.58. The van der Waals surface area contributed by atoms with E-state index in [1.54, 1.807) is 19.3 Å². The molecule has 2 saturated heterocycles. The van der Waals surface area contributed by atoms with Gasteiger partial charge in [0.1, 0.15) is 5.60 Å². The molecule has 0 radical (unpaired) electrons. The van der Waals surface area contributed by atoms with Crippen LogP contribution in [0.15, 0.2) is 47.2 Å². The number of aromatic nitrogens is 3. The predicted molar refractivity (Wildman–Crippen MR) is 147 cm³/mol. The van der Waals surface area contributed by atoms with Crippen molar-refractivity contribution >= 4 is 5.91 Å². The Bertz CT molecular complexity index is 1290. The highest BCUT2D eigenvalue weighted by Gasteiger charge is 2.56. The van der Waals surface area contributed by atoms with Crippen LogP contribution in [0.3, 0.4) is 0 Å². The number of piperidine rings is 1. The summed E-state index contributed by atoms with van der Waals surface area (Å²) in [5, 5.41) is 26.3. The van der Waals surface area contributed by atoms with Crippen molar-refractivity contribution in [1.29, 1.82) is 0 Å². The first-order chi connectivity index (χ1) is 18.6. The van der Waals surface area contributed by atoms with Crippen LogP contribution < -0.4 is 0 Å². The predicted octanol–water partition coefficient (Wildman–Crippen LogP) is 3.53. The lowest BCUT2D eigenvalue weighted by atomic mass is 9.62. The third kappa shape index (κ3) is 5.11. The van der Waals surface area contributed by atoms with Crippen LogP contribution in [0, 0.1) is 5.41 Å². The average molecular weight is 534 g/mol. The molecule has 0 bridgehead atoms. The third-order valence-electron chi connectivity index (χ3n) is 8.58. The summed E-state index contributed by atoms with van der Waals surface area (Å²) >= 11 is 0. The summed E-state index contributed by atoms with van der Waals surface area (Å²) in [6, 6.07) is 10.1. The van der Waals surface area contributed by atoms with Crippen molar-refractivity contribution in [3.63, 3.8) is 0 Å². The summed E-state index contributed by atoms with van der Waals surface area (Å²) in [6.45, 7) is 11.3. The van der Waals surface area contributed by atoms with E-state index in [2.05, 4.69) is 47.9 Å². The minimum atomic E-state index is -1.32. The number of aliphatic hydroxyl groups excluding tert-OH is 1. The van der Waals surface area contributed by atoms with Crippen LogP contribution in [0.25, 0.3) is 11.4 Å². The first-order valence-electron chi connectivity index (χ1n) is 13.9. The van der Waals surface area contributed by atoms with Gasteiger partial charge >= 0.3 is 0 Å². The largest absolute Gasteiger partial charge is 0.395 e. The minimum absolute atomic E-state index is 0.0859. The van der Waals surface area contributed by atoms with Gasteiger partial charge in [0.05, 0.1) is 6.61 Å². The Morgan fingerprint density at radius 2 is 1.85 bits per heavy atom. The topological polar surface area (TPSA) is 116 Å². The molecule has 0 saturated carbocycles. The lowest BCUT2D eigenvalue weighted by Crippen LogP contribution is -2.65. The van der Waals surface area contributed by atoms with Crippen molar-refractivity contribution in [3.8, 4) is 11.4 Å². The molecule has 2 N–H and O–H groups in total. The number of pyridine rings is 1. The number of β-amino-alcohol motifs (C(OH)–C–C–N with tert-alkyl or cyclic N) is 1. The second-order valence-electron chi connectivity index (χ2n) is 11.7. The number of hydrogen-bond acceptors (Lipinski definition) is 8. The summed E-state index contributed by atoms with van der Waals surface area (Å²) in [7, 11) is 0. The standard InChI is InChI=1S/C30H39N5O4/c1-20(2)22-5-7-25(8-6-22)30(38,29(4)18-34(19-29)13-14-36)26-15-24(16-31-17-26)27-32-28(39-33-27)23-9-11-35(12-10-23)21(3)37/h5-8,15-17,20,23,36,38H,9-14,18-19H2,1-4H3/t30-/m0/s1. The molecule has 2 aliphatic rings. The fourth-order valence-corrected chi connectivity index (χ4v) is 6.16. The van der Waals surface area contributed by atoms with Gasteiger partial charge in [-0.3, -0.25) is 14.7 Å². The Morgan fingerprint density at radius 1 is 1.15 bits per heavy atom. The number of rotatable bonds is 8. The fourth-order valence-electron chi connectivity index (χ4n) is 6.16. The zero-order chi connectivity index (χ0) is 27.8. The molecule has 1 atom stereocenters. The first kappa shape index (κ1) is 27.4. The van der Waals surface area contributed by atoms with E-state index in [0.717, 1.165) is 18.4 Å². The van der Waals surface area contributed by atoms with Crippen molar-refractivity contribution in [2.24, 2.45) is 5.41 Å². The highest BCUT2D eigenvalue weighted by molar-refractivity contribution is 5.73. The van der Waals surface area contributed by atoms with Crippen LogP contribution in [0.2, 0.25) is 0 Å². The number of amides is 1. The highest BCUT2D eigenvalue weighted by atomic mass is 16.5. The van der Waals surface area contributed by atoms with E-state index in [4.69, 9.17) is 9.51 Å². The van der Waals surface area contributed by atoms with Crippen LogP contribution in [0.1, 0.15) is 75.0 Å². The van der Waals surface area contributed by atoms with Crippen molar-refractivity contribution < 1.29 is 19.5 Å². The summed E-state index contributed by atoms with van der Waals surface area (Å²) in [5.74, 6) is 1.60. The Morgan fingerprint density at radius 3 is 2.46 bits per heavy atom. The summed E-state index contributed by atoms with van der Waals surface area (Å²) in [6.07, 6.45) is 4.99. The number of nitrogens with zero attached hydrogens (tertiary/aromatic N) is 5. The summed E-state index contributed by atoms with van der Waals surface area (Å²) < 4.78 is 5.66. The number of carbonyl (C=O) groups is 1. The molecule has 2 aromatic heterocycles. The maximum absolute atomic E-state index is 12.6. The molecule has 2 fully saturated rings. The molecule has 1 amide bonds. The van der Waals surface area contributed by atoms with Gasteiger partial charge in [0, 0.05) is 74.5 Å². The second-order valence-corrected chi connectivity index (χ2v) is 11.7. The molecule has 1 aromatic carbocycles. The maximum atomic E-state index is 12.6. The number of hydrogen-bond donors (Lipinski definition) is 2. The fraction of sp³-hybridized carbons (Fsp3) is 0.533. The van der Waals surface area contributed by atoms with Crippen LogP contribution >= 0.6 is 0 Å². The van der Waals surface area contributed by atoms with Gasteiger partial charge in [0.25, 0.3) is 0 Å². The van der Waals surface area contributed by atoms with E-state index >= 15 is 0 Å². The van der Waals surface area contributed by atoms with Crippen molar-refractivity contribution in [3.05, 3.63) is 65.3 Å². The smallest absolute Gasteiger partial charge is 0.230 e. The van der Waals surface area contributed by atoms with Gasteiger partial charge in [0.15, 0.2) is 0 Å². The van der Waals surface area contributed by atoms with E-state index < -0.39 is 11.0 Å². The Balaban J connectivity index is 1.46. The summed E-state index contributed by atoms with van der Waals surface area (Å²) in [5.41, 5.74) is 1.56. The van der Waals surface area contributed by atoms with E-state index in [0.29, 0.717) is 61.5 Å². The number of carbonyl (C=O) groups excluding carboxylic acids is 1. The monoisotopic (exact) mass is 533 g/mol. The van der Waals surface area contributed by atoms with Crippen LogP contribution in [0.5, 0.6) is 0 Å². The van der Waals surface area contributed by atoms with Gasteiger partial charge in [-0.05, 0) is 36.0 Å². The zero-order valence-electron chi connectivity index (χ0n) is 23.3. The molecule has 9 nitrogen and oxygen atoms in total. The van der Waals surface area contributed by atoms with Gasteiger partial charge in [-0.2, -0.15) is 4.98 Å². The van der Waals surface area contributed by atoms with Gasteiger partial charge in [0.2, 0.25) is 17.6 Å². The Kier molecular flexibility index (Phi) is 7.59. The van der Waals surface area contributed by atoms with Gasteiger partial charge in [-0.1, -0.05) is 50.2 Å². The molecule has 0 unspecified atom stereocenters. The lowest BCUT2D eigenvalue weighted by molar-refractivity contribution is -0.137. The number of likely N-dealkylation sites (tertiary alicyclic amines) is 2. The van der Waals surface area contributed by atoms with Crippen molar-refractivity contribution in [2.45, 2.75) is 58.0 Å². The minimum Gasteiger partial charge on any atom is -0.395 e. The number of benzene rings is 1. The normalized spacial score (nSPS) is 19.6. The van der Waals surface area contributed by atoms with E-state index in [9.17, 15) is 15.0 Å². The zero-order valence-corrected chi connectivity index (χ0v) is 23.3. The van der Waals surface area contributed by atoms with Crippen molar-refractivity contribution in [1.82, 2.24) is 24.9 Å². The van der Waals surface area contributed by atoms with E-state index in [1.807, 2.05) is 23.1 Å². The SMILES string of the molecule is CC(=O)N1CCC(c2nc(-c3cncc([C@@](O)(c4ccc(C(C)C)cc4)C4(C)CN(CCO)C4)c3)no2)CC1. The van der Waals surface area contributed by atoms with Gasteiger partial charge in [-0.25, -0.2) is 0 Å². The second kappa shape index (κ2) is 10.8. The van der Waals surface area contributed by atoms with Crippen LogP contribution in [0.4, 0.5) is 0 Å². The van der Waals surface area contributed by atoms with Crippen molar-refractivity contribution in [2.75, 3.05) is 39.3 Å². The molecular weight excluding hydrogens is 494 g/mol. The lowest BCUT2D eigenvalue weighted by Gasteiger charge is -2.56. The summed E-state index contributed by atoms with van der Waals surface area (Å²) in [4.78, 5) is 24.9. The molecule has 0 spiro atoms. The molecule has 39 heavy (non-hydrogen) atoms. The van der Waals surface area contributed by atoms with E-state index in [1.165, 1.54) is 5.56 Å². The molecule has 0 aliphatic carbocycles. The Labute approximate surface area is 229 Å². The average Bonchev–Trinajstić information content (AvgIpc) is 3.42. The van der Waals surface area contributed by atoms with Gasteiger partial charge < -0.3 is 19.6 Å². The molecule has 4 heterocycles. The maximum Gasteiger partial charge on any atom is 0.230 e. The van der Waals surface area contributed by atoms with Crippen LogP contribution in [-0.4, -0.2) is 80.4 Å². The highest BCUT2D eigenvalue weighted by Crippen LogP contribution is 2.50. The molecule has 3 aromatic rings. The number of aliphatic hydroxyl groups is 2. The first-order valence-corrected chi connectivity index (χ1v) is 13.9. The Hall–Kier alpha value is -3.14. The van der Waals surface area contributed by atoms with Crippen LogP contribution in [-0.2, 0) is 10.4 Å². The molecule has 2 aliphatic heterocycles. The molecular formula is C30H39N5O4. The van der Waals surface area contributed by atoms with E-state index in [-0.39, 0.29) is 18.4 Å². The van der Waals surface area contributed by atoms with Gasteiger partial charge in [-0.15, -0.1) is 0 Å². The quantitative estimate of drug-likeness (QED) is 0.452. The molecule has 5 rings (SSSR count). The molecule has 208 valence electrons. The molecule has 9 heteroatoms.